The summed E-state index contributed by atoms with van der Waals surface area (Å²) in [6.07, 6.45) is 8.55. The number of nitrogens with zero attached hydrogens (tertiary/aromatic N) is 4. The number of carbonyl (C=O) groups is 1. The summed E-state index contributed by atoms with van der Waals surface area (Å²) in [5.41, 5.74) is 0.972. The summed E-state index contributed by atoms with van der Waals surface area (Å²) in [5.74, 6) is 0.726. The minimum absolute atomic E-state index is 0.0195. The van der Waals surface area contributed by atoms with Gasteiger partial charge in [0.2, 0.25) is 5.91 Å². The molecule has 0 aliphatic heterocycles. The van der Waals surface area contributed by atoms with E-state index in [-0.39, 0.29) is 11.9 Å². The summed E-state index contributed by atoms with van der Waals surface area (Å²) in [4.78, 5) is 18.7. The van der Waals surface area contributed by atoms with Crippen molar-refractivity contribution in [3.63, 3.8) is 0 Å². The van der Waals surface area contributed by atoms with Gasteiger partial charge in [0.05, 0.1) is 12.8 Å². The Hall–Kier alpha value is -2.89. The second-order valence-corrected chi connectivity index (χ2v) is 5.30. The third kappa shape index (κ3) is 3.66. The van der Waals surface area contributed by atoms with Crippen LogP contribution in [0.15, 0.2) is 65.8 Å². The fraction of sp³-hybridized carbons (Fsp3) is 0.235. The van der Waals surface area contributed by atoms with Gasteiger partial charge in [-0.2, -0.15) is 5.10 Å². The monoisotopic (exact) mass is 310 g/mol. The first kappa shape index (κ1) is 15.0. The largest absolute Gasteiger partial charge is 0.467 e. The highest BCUT2D eigenvalue weighted by molar-refractivity contribution is 5.79. The molecule has 0 fully saturated rings. The van der Waals surface area contributed by atoms with Gasteiger partial charge >= 0.3 is 0 Å². The van der Waals surface area contributed by atoms with Gasteiger partial charge in [0.1, 0.15) is 11.8 Å². The van der Waals surface area contributed by atoms with Crippen molar-refractivity contribution in [3.05, 3.63) is 72.7 Å². The van der Waals surface area contributed by atoms with Crippen LogP contribution in [0.2, 0.25) is 0 Å². The van der Waals surface area contributed by atoms with Crippen molar-refractivity contribution >= 4 is 5.91 Å². The Bertz CT molecular complexity index is 723. The molecule has 3 aromatic rings. The fourth-order valence-electron chi connectivity index (χ4n) is 2.40. The van der Waals surface area contributed by atoms with Crippen molar-refractivity contribution in [3.8, 4) is 0 Å². The van der Waals surface area contributed by atoms with Gasteiger partial charge in [-0.05, 0) is 36.8 Å². The zero-order chi connectivity index (χ0) is 16.1. The van der Waals surface area contributed by atoms with Gasteiger partial charge in [-0.1, -0.05) is 6.07 Å². The number of carbonyl (C=O) groups excluding carboxylic acids is 1. The fourth-order valence-corrected chi connectivity index (χ4v) is 2.40. The van der Waals surface area contributed by atoms with Gasteiger partial charge in [0.25, 0.3) is 0 Å². The number of pyridine rings is 1. The third-order valence-corrected chi connectivity index (χ3v) is 3.61. The minimum Gasteiger partial charge on any atom is -0.467 e. The van der Waals surface area contributed by atoms with E-state index in [1.165, 1.54) is 0 Å². The van der Waals surface area contributed by atoms with Gasteiger partial charge < -0.3 is 9.32 Å². The number of hydrogen-bond acceptors (Lipinski definition) is 4. The predicted molar refractivity (Wildman–Crippen MR) is 84.1 cm³/mol. The second-order valence-electron chi connectivity index (χ2n) is 5.30. The number of hydrogen-bond donors (Lipinski definition) is 0. The second kappa shape index (κ2) is 6.91. The summed E-state index contributed by atoms with van der Waals surface area (Å²) in [5, 5.41) is 4.16. The molecule has 0 saturated heterocycles. The highest BCUT2D eigenvalue weighted by Gasteiger charge is 2.23. The minimum atomic E-state index is -0.378. The van der Waals surface area contributed by atoms with Crippen LogP contribution in [-0.2, 0) is 17.9 Å². The van der Waals surface area contributed by atoms with Crippen LogP contribution in [0.25, 0.3) is 0 Å². The molecule has 3 heterocycles. The van der Waals surface area contributed by atoms with Crippen molar-refractivity contribution in [2.45, 2.75) is 26.1 Å². The molecule has 0 spiro atoms. The van der Waals surface area contributed by atoms with Crippen molar-refractivity contribution in [1.29, 1.82) is 0 Å². The summed E-state index contributed by atoms with van der Waals surface area (Å²) in [6.45, 7) is 2.72. The molecule has 0 aromatic carbocycles. The van der Waals surface area contributed by atoms with Gasteiger partial charge in [-0.3, -0.25) is 14.5 Å². The standard InChI is InChI=1S/C17H18N4O2/c1-14(21-9-4-8-19-21)17(22)20(13-16-6-3-10-23-16)12-15-5-2-7-18-11-15/h2-11,14H,12-13H2,1H3. The Morgan fingerprint density at radius 1 is 1.26 bits per heavy atom. The Labute approximate surface area is 134 Å². The van der Waals surface area contributed by atoms with Crippen LogP contribution < -0.4 is 0 Å². The Morgan fingerprint density at radius 2 is 2.17 bits per heavy atom. The van der Waals surface area contributed by atoms with Gasteiger partial charge in [-0.25, -0.2) is 0 Å². The molecule has 118 valence electrons. The highest BCUT2D eigenvalue weighted by atomic mass is 16.3. The van der Waals surface area contributed by atoms with Gasteiger partial charge in [0.15, 0.2) is 0 Å². The molecule has 6 nitrogen and oxygen atoms in total. The first-order valence-corrected chi connectivity index (χ1v) is 7.43. The Balaban J connectivity index is 1.80. The molecule has 1 amide bonds. The molecular formula is C17H18N4O2. The molecule has 1 atom stereocenters. The maximum Gasteiger partial charge on any atom is 0.247 e. The third-order valence-electron chi connectivity index (χ3n) is 3.61. The van der Waals surface area contributed by atoms with Crippen molar-refractivity contribution < 1.29 is 9.21 Å². The van der Waals surface area contributed by atoms with Gasteiger partial charge in [-0.15, -0.1) is 0 Å². The lowest BCUT2D eigenvalue weighted by atomic mass is 10.2. The molecule has 1 unspecified atom stereocenters. The lowest BCUT2D eigenvalue weighted by Gasteiger charge is -2.25. The first-order valence-electron chi connectivity index (χ1n) is 7.43. The van der Waals surface area contributed by atoms with Gasteiger partial charge in [0, 0.05) is 31.3 Å². The van der Waals surface area contributed by atoms with E-state index in [1.807, 2.05) is 37.3 Å². The molecule has 0 N–H and O–H groups in total. The summed E-state index contributed by atoms with van der Waals surface area (Å²) in [6, 6.07) is 8.93. The quantitative estimate of drug-likeness (QED) is 0.702. The SMILES string of the molecule is CC(C(=O)N(Cc1cccnc1)Cc1ccco1)n1cccn1. The maximum atomic E-state index is 12.9. The maximum absolute atomic E-state index is 12.9. The predicted octanol–water partition coefficient (Wildman–Crippen LogP) is 2.66. The molecule has 3 aromatic heterocycles. The van der Waals surface area contributed by atoms with E-state index in [2.05, 4.69) is 10.1 Å². The van der Waals surface area contributed by atoms with Crippen molar-refractivity contribution in [2.24, 2.45) is 0 Å². The van der Waals surface area contributed by atoms with E-state index >= 15 is 0 Å². The van der Waals surface area contributed by atoms with E-state index < -0.39 is 0 Å². The molecule has 0 bridgehead atoms. The number of amides is 1. The van der Waals surface area contributed by atoms with E-state index in [4.69, 9.17) is 4.42 Å². The highest BCUT2D eigenvalue weighted by Crippen LogP contribution is 2.16. The van der Waals surface area contributed by atoms with Crippen LogP contribution in [0.1, 0.15) is 24.3 Å². The average molecular weight is 310 g/mol. The zero-order valence-corrected chi connectivity index (χ0v) is 12.9. The van der Waals surface area contributed by atoms with E-state index in [9.17, 15) is 4.79 Å². The van der Waals surface area contributed by atoms with E-state index in [0.717, 1.165) is 11.3 Å². The lowest BCUT2D eigenvalue weighted by Crippen LogP contribution is -2.35. The first-order chi connectivity index (χ1) is 11.2. The Kier molecular flexibility index (Phi) is 4.52. The average Bonchev–Trinajstić information content (AvgIpc) is 3.27. The van der Waals surface area contributed by atoms with Crippen LogP contribution in [0.4, 0.5) is 0 Å². The summed E-state index contributed by atoms with van der Waals surface area (Å²) < 4.78 is 7.04. The van der Waals surface area contributed by atoms with Crippen LogP contribution >= 0.6 is 0 Å². The smallest absolute Gasteiger partial charge is 0.247 e. The zero-order valence-electron chi connectivity index (χ0n) is 12.9. The molecule has 0 saturated carbocycles. The topological polar surface area (TPSA) is 64.2 Å². The van der Waals surface area contributed by atoms with Crippen LogP contribution in [0.5, 0.6) is 0 Å². The molecule has 0 radical (unpaired) electrons. The van der Waals surface area contributed by atoms with Crippen LogP contribution in [0, 0.1) is 0 Å². The number of rotatable bonds is 6. The van der Waals surface area contributed by atoms with Crippen molar-refractivity contribution in [2.75, 3.05) is 0 Å². The lowest BCUT2D eigenvalue weighted by molar-refractivity contribution is -0.136. The summed E-state index contributed by atoms with van der Waals surface area (Å²) in [7, 11) is 0. The van der Waals surface area contributed by atoms with Crippen molar-refractivity contribution in [1.82, 2.24) is 19.7 Å². The molecule has 0 aliphatic rings. The molecular weight excluding hydrogens is 292 g/mol. The molecule has 6 heteroatoms. The molecule has 23 heavy (non-hydrogen) atoms. The van der Waals surface area contributed by atoms with E-state index in [1.54, 1.807) is 40.6 Å². The number of aromatic nitrogens is 3. The molecule has 0 aliphatic carbocycles. The summed E-state index contributed by atoms with van der Waals surface area (Å²) >= 11 is 0. The Morgan fingerprint density at radius 3 is 2.83 bits per heavy atom. The van der Waals surface area contributed by atoms with Crippen LogP contribution in [0.3, 0.4) is 0 Å². The van der Waals surface area contributed by atoms with Crippen LogP contribution in [-0.4, -0.2) is 25.6 Å². The van der Waals surface area contributed by atoms with E-state index in [0.29, 0.717) is 13.1 Å². The normalized spacial score (nSPS) is 12.0. The molecule has 3 rings (SSSR count). The number of furan rings is 1.